The Morgan fingerprint density at radius 2 is 1.77 bits per heavy atom. The van der Waals surface area contributed by atoms with Gasteiger partial charge in [-0.05, 0) is 50.1 Å². The van der Waals surface area contributed by atoms with Gasteiger partial charge in [-0.1, -0.05) is 40.2 Å². The van der Waals surface area contributed by atoms with Crippen molar-refractivity contribution >= 4 is 33.1 Å². The molecule has 1 saturated heterocycles. The number of nitrogens with zero attached hydrogens (tertiary/aromatic N) is 6. The molecule has 6 rings (SSSR count). The number of piperidine rings is 1. The summed E-state index contributed by atoms with van der Waals surface area (Å²) < 4.78 is 6.90. The summed E-state index contributed by atoms with van der Waals surface area (Å²) in [5.74, 6) is 0. The zero-order valence-electron chi connectivity index (χ0n) is 22.6. The van der Waals surface area contributed by atoms with Crippen LogP contribution < -0.4 is 11.4 Å². The highest BCUT2D eigenvalue weighted by atomic mass is 79.9. The number of imidazole rings is 1. The van der Waals surface area contributed by atoms with Crippen molar-refractivity contribution in [1.82, 2.24) is 28.9 Å². The number of para-hydroxylation sites is 2. The van der Waals surface area contributed by atoms with Gasteiger partial charge in [0.15, 0.2) is 0 Å². The van der Waals surface area contributed by atoms with Crippen LogP contribution in [0.3, 0.4) is 0 Å². The van der Waals surface area contributed by atoms with Crippen LogP contribution in [0.2, 0.25) is 0 Å². The van der Waals surface area contributed by atoms with E-state index >= 15 is 0 Å². The number of carbonyl (C=O) groups is 1. The van der Waals surface area contributed by atoms with E-state index in [0.29, 0.717) is 13.1 Å². The third-order valence-electron chi connectivity index (χ3n) is 8.20. The number of aromatic nitrogens is 4. The zero-order chi connectivity index (χ0) is 27.8. The Morgan fingerprint density at radius 1 is 1.05 bits per heavy atom. The van der Waals surface area contributed by atoms with E-state index in [9.17, 15) is 9.59 Å². The first-order chi connectivity index (χ1) is 19.4. The summed E-state index contributed by atoms with van der Waals surface area (Å²) in [6.45, 7) is 4.80. The van der Waals surface area contributed by atoms with Crippen LogP contribution in [0.25, 0.3) is 22.3 Å². The fourth-order valence-electron chi connectivity index (χ4n) is 6.21. The molecular weight excluding hydrogens is 574 g/mol. The summed E-state index contributed by atoms with van der Waals surface area (Å²) in [6, 6.07) is 16.4. The quantitative estimate of drug-likeness (QED) is 0.340. The van der Waals surface area contributed by atoms with Gasteiger partial charge in [0, 0.05) is 67.0 Å². The van der Waals surface area contributed by atoms with Crippen molar-refractivity contribution in [3.8, 4) is 11.3 Å². The topological polar surface area (TPSA) is 104 Å². The molecule has 0 bridgehead atoms. The van der Waals surface area contributed by atoms with Crippen molar-refractivity contribution in [3.63, 3.8) is 0 Å². The normalized spacial score (nSPS) is 16.9. The highest BCUT2D eigenvalue weighted by molar-refractivity contribution is 9.10. The van der Waals surface area contributed by atoms with Crippen molar-refractivity contribution in [3.05, 3.63) is 74.7 Å². The minimum atomic E-state index is -0.796. The van der Waals surface area contributed by atoms with E-state index in [4.69, 9.17) is 15.7 Å². The second kappa shape index (κ2) is 11.2. The average Bonchev–Trinajstić information content (AvgIpc) is 3.43. The average molecular weight is 609 g/mol. The molecule has 11 heteroatoms. The van der Waals surface area contributed by atoms with E-state index < -0.39 is 6.09 Å². The lowest BCUT2D eigenvalue weighted by atomic mass is 10.0. The van der Waals surface area contributed by atoms with Crippen LogP contribution in [0.1, 0.15) is 36.6 Å². The van der Waals surface area contributed by atoms with E-state index in [0.717, 1.165) is 84.2 Å². The summed E-state index contributed by atoms with van der Waals surface area (Å²) >= 11 is 3.51. The number of nitrogens with two attached hydrogens (primary N) is 1. The largest absolute Gasteiger partial charge is 0.423 e. The Labute approximate surface area is 241 Å². The predicted octanol–water partition coefficient (Wildman–Crippen LogP) is 4.06. The number of likely N-dealkylation sites (tertiary alicyclic amines) is 1. The number of aryl methyl sites for hydroxylation is 2. The predicted molar refractivity (Wildman–Crippen MR) is 157 cm³/mol. The molecule has 0 aliphatic carbocycles. The van der Waals surface area contributed by atoms with Crippen molar-refractivity contribution < 1.29 is 9.63 Å². The Morgan fingerprint density at radius 3 is 2.50 bits per heavy atom. The minimum absolute atomic E-state index is 0.0736. The highest BCUT2D eigenvalue weighted by Gasteiger charge is 2.28. The van der Waals surface area contributed by atoms with Crippen LogP contribution in [0.15, 0.2) is 57.8 Å². The van der Waals surface area contributed by atoms with Crippen LogP contribution in [-0.2, 0) is 31.4 Å². The molecule has 2 N–H and O–H groups in total. The van der Waals surface area contributed by atoms with Gasteiger partial charge in [-0.25, -0.2) is 9.59 Å². The number of benzene rings is 2. The lowest BCUT2D eigenvalue weighted by Crippen LogP contribution is -2.38. The maximum absolute atomic E-state index is 13.0. The number of carbonyl (C=O) groups excluding carboxylic acids is 1. The number of amides is 1. The summed E-state index contributed by atoms with van der Waals surface area (Å²) in [7, 11) is 1.86. The van der Waals surface area contributed by atoms with Gasteiger partial charge < -0.3 is 15.5 Å². The number of fused-ring (bicyclic) bond motifs is 2. The molecule has 0 atom stereocenters. The molecule has 4 aromatic rings. The Balaban J connectivity index is 1.11. The lowest BCUT2D eigenvalue weighted by Gasteiger charge is -2.32. The summed E-state index contributed by atoms with van der Waals surface area (Å²) in [4.78, 5) is 32.0. The number of rotatable bonds is 7. The fourth-order valence-corrected chi connectivity index (χ4v) is 6.48. The van der Waals surface area contributed by atoms with Gasteiger partial charge in [-0.3, -0.25) is 13.8 Å². The van der Waals surface area contributed by atoms with Gasteiger partial charge in [0.05, 0.1) is 23.3 Å². The molecule has 1 fully saturated rings. The summed E-state index contributed by atoms with van der Waals surface area (Å²) in [5.41, 5.74) is 11.6. The SMILES string of the molecule is Cn1c(=O)n(C2CCN(CCCn3nc(-c4ccc(Br)cc4)c4c3CCN(OC(N)=O)C4)CC2)c2ccccc21. The fraction of sp³-hybridized carbons (Fsp3) is 0.414. The number of hydrogen-bond acceptors (Lipinski definition) is 6. The Hall–Kier alpha value is -3.41. The molecule has 0 unspecified atom stereocenters. The molecule has 10 nitrogen and oxygen atoms in total. The monoisotopic (exact) mass is 607 g/mol. The van der Waals surface area contributed by atoms with E-state index in [1.165, 1.54) is 5.69 Å². The Kier molecular flexibility index (Phi) is 7.52. The molecule has 0 radical (unpaired) electrons. The molecule has 2 aromatic carbocycles. The van der Waals surface area contributed by atoms with E-state index in [1.54, 1.807) is 9.63 Å². The minimum Gasteiger partial charge on any atom is -0.351 e. The number of primary amides is 1. The van der Waals surface area contributed by atoms with Crippen LogP contribution in [0.4, 0.5) is 4.79 Å². The third kappa shape index (κ3) is 5.21. The van der Waals surface area contributed by atoms with Gasteiger partial charge in [0.1, 0.15) is 0 Å². The second-order valence-electron chi connectivity index (χ2n) is 10.7. The molecule has 2 aliphatic rings. The van der Waals surface area contributed by atoms with Gasteiger partial charge in [-0.15, -0.1) is 5.06 Å². The lowest BCUT2D eigenvalue weighted by molar-refractivity contribution is -0.107. The Bertz CT molecular complexity index is 1580. The van der Waals surface area contributed by atoms with Crippen LogP contribution in [-0.4, -0.2) is 61.2 Å². The zero-order valence-corrected chi connectivity index (χ0v) is 24.2. The standard InChI is InChI=1S/C29H34BrN7O3/c1-33-25-5-2-3-6-26(25)37(29(33)39)22-11-16-34(17-12-22)14-4-15-36-24-13-18-35(40-28(31)38)19-23(24)27(32-36)20-7-9-21(30)10-8-20/h2-3,5-10,22H,4,11-19H2,1H3,(H2,31,38). The van der Waals surface area contributed by atoms with Crippen LogP contribution >= 0.6 is 15.9 Å². The van der Waals surface area contributed by atoms with Crippen molar-refractivity contribution in [2.75, 3.05) is 26.2 Å². The maximum atomic E-state index is 13.0. The van der Waals surface area contributed by atoms with E-state index in [1.807, 2.05) is 41.9 Å². The molecule has 0 saturated carbocycles. The first-order valence-electron chi connectivity index (χ1n) is 13.8. The van der Waals surface area contributed by atoms with Crippen molar-refractivity contribution in [2.45, 2.75) is 44.8 Å². The maximum Gasteiger partial charge on any atom is 0.423 e. The third-order valence-corrected chi connectivity index (χ3v) is 8.73. The number of hydroxylamine groups is 2. The second-order valence-corrected chi connectivity index (χ2v) is 11.6. The number of halogens is 1. The van der Waals surface area contributed by atoms with Gasteiger partial charge in [0.25, 0.3) is 0 Å². The molecule has 210 valence electrons. The summed E-state index contributed by atoms with van der Waals surface area (Å²) in [6.07, 6.45) is 2.85. The van der Waals surface area contributed by atoms with Gasteiger partial charge >= 0.3 is 11.8 Å². The van der Waals surface area contributed by atoms with Crippen molar-refractivity contribution in [2.24, 2.45) is 12.8 Å². The molecule has 2 aliphatic heterocycles. The summed E-state index contributed by atoms with van der Waals surface area (Å²) in [5, 5.41) is 6.64. The van der Waals surface area contributed by atoms with E-state index in [-0.39, 0.29) is 11.7 Å². The first-order valence-corrected chi connectivity index (χ1v) is 14.6. The van der Waals surface area contributed by atoms with Crippen LogP contribution in [0, 0.1) is 0 Å². The first kappa shape index (κ1) is 26.8. The van der Waals surface area contributed by atoms with Crippen LogP contribution in [0.5, 0.6) is 0 Å². The van der Waals surface area contributed by atoms with Gasteiger partial charge in [-0.2, -0.15) is 5.10 Å². The van der Waals surface area contributed by atoms with E-state index in [2.05, 4.69) is 43.7 Å². The van der Waals surface area contributed by atoms with Gasteiger partial charge in [0.2, 0.25) is 0 Å². The molecule has 2 aromatic heterocycles. The molecule has 4 heterocycles. The number of hydrogen-bond donors (Lipinski definition) is 1. The van der Waals surface area contributed by atoms with Crippen molar-refractivity contribution in [1.29, 1.82) is 0 Å². The smallest absolute Gasteiger partial charge is 0.351 e. The molecule has 40 heavy (non-hydrogen) atoms. The molecule has 0 spiro atoms. The molecular formula is C29H34BrN7O3. The highest BCUT2D eigenvalue weighted by Crippen LogP contribution is 2.31. The molecule has 1 amide bonds.